The van der Waals surface area contributed by atoms with Crippen LogP contribution in [-0.4, -0.2) is 71.0 Å². The lowest BCUT2D eigenvalue weighted by molar-refractivity contribution is -0.155. The van der Waals surface area contributed by atoms with E-state index in [0.717, 1.165) is 10.9 Å². The Balaban J connectivity index is 1.45. The maximum atomic E-state index is 13.3. The number of amides is 2. The minimum absolute atomic E-state index is 0.0699. The highest BCUT2D eigenvalue weighted by molar-refractivity contribution is 6.34. The largest absolute Gasteiger partial charge is 0.482 e. The lowest BCUT2D eigenvalue weighted by atomic mass is 10.1. The molecule has 1 aliphatic heterocycles. The first-order chi connectivity index (χ1) is 16.4. The van der Waals surface area contributed by atoms with Gasteiger partial charge in [-0.05, 0) is 29.8 Å². The summed E-state index contributed by atoms with van der Waals surface area (Å²) in [6.45, 7) is 0.871. The van der Waals surface area contributed by atoms with Crippen molar-refractivity contribution in [3.05, 3.63) is 58.3 Å². The summed E-state index contributed by atoms with van der Waals surface area (Å²) in [5.74, 6) is 0.159. The fourth-order valence-electron chi connectivity index (χ4n) is 3.87. The second-order valence-corrected chi connectivity index (χ2v) is 8.64. The van der Waals surface area contributed by atoms with E-state index in [2.05, 4.69) is 9.97 Å². The third kappa shape index (κ3) is 5.16. The Hall–Kier alpha value is -3.14. The molecular weight excluding hydrogens is 481 g/mol. The molecule has 9 nitrogen and oxygen atoms in total. The number of fused-ring (bicyclic) bond motifs is 1. The first-order valence-corrected chi connectivity index (χ1v) is 11.3. The zero-order chi connectivity index (χ0) is 24.2. The van der Waals surface area contributed by atoms with Crippen molar-refractivity contribution >= 4 is 51.7 Å². The second kappa shape index (κ2) is 10.4. The molecule has 1 aromatic heterocycles. The van der Waals surface area contributed by atoms with E-state index in [1.165, 1.54) is 24.4 Å². The molecule has 0 saturated carbocycles. The van der Waals surface area contributed by atoms with E-state index >= 15 is 0 Å². The molecule has 1 fully saturated rings. The number of piperazine rings is 1. The molecule has 2 aromatic carbocycles. The zero-order valence-corrected chi connectivity index (χ0v) is 19.9. The highest BCUT2D eigenvalue weighted by Crippen LogP contribution is 2.28. The molecular formula is C23H23Cl2N5O4. The van der Waals surface area contributed by atoms with Crippen molar-refractivity contribution in [2.24, 2.45) is 0 Å². The number of nitrogens with two attached hydrogens (primary N) is 1. The highest BCUT2D eigenvalue weighted by Gasteiger charge is 2.37. The van der Waals surface area contributed by atoms with Crippen LogP contribution < -0.4 is 10.5 Å². The number of anilines is 1. The Morgan fingerprint density at radius 1 is 1.18 bits per heavy atom. The van der Waals surface area contributed by atoms with Crippen LogP contribution in [0.5, 0.6) is 5.75 Å². The third-order valence-electron chi connectivity index (χ3n) is 5.58. The fourth-order valence-corrected chi connectivity index (χ4v) is 4.20. The Labute approximate surface area is 206 Å². The number of nitrogens with zero attached hydrogens (tertiary/aromatic N) is 4. The molecule has 0 radical (unpaired) electrons. The summed E-state index contributed by atoms with van der Waals surface area (Å²) in [6.07, 6.45) is 1.41. The molecule has 2 N–H and O–H groups in total. The summed E-state index contributed by atoms with van der Waals surface area (Å²) >= 11 is 12.1. The zero-order valence-electron chi connectivity index (χ0n) is 18.4. The van der Waals surface area contributed by atoms with Gasteiger partial charge in [0.05, 0.1) is 17.1 Å². The Morgan fingerprint density at radius 3 is 2.79 bits per heavy atom. The number of hydrogen-bond acceptors (Lipinski definition) is 7. The highest BCUT2D eigenvalue weighted by atomic mass is 35.5. The van der Waals surface area contributed by atoms with Crippen molar-refractivity contribution in [2.45, 2.75) is 12.6 Å². The number of hydrogen-bond donors (Lipinski definition) is 1. The Bertz CT molecular complexity index is 1230. The number of carbonyl (C=O) groups is 2. The predicted octanol–water partition coefficient (Wildman–Crippen LogP) is 2.78. The molecule has 0 spiro atoms. The van der Waals surface area contributed by atoms with Gasteiger partial charge in [-0.2, -0.15) is 0 Å². The van der Waals surface area contributed by atoms with Gasteiger partial charge in [-0.3, -0.25) is 9.59 Å². The quantitative estimate of drug-likeness (QED) is 0.527. The average Bonchev–Trinajstić information content (AvgIpc) is 2.82. The van der Waals surface area contributed by atoms with E-state index in [0.29, 0.717) is 46.8 Å². The monoisotopic (exact) mass is 503 g/mol. The van der Waals surface area contributed by atoms with Gasteiger partial charge in [0.15, 0.2) is 6.61 Å². The van der Waals surface area contributed by atoms with Gasteiger partial charge in [0.1, 0.15) is 23.9 Å². The Morgan fingerprint density at radius 2 is 2.00 bits per heavy atom. The number of halogens is 2. The van der Waals surface area contributed by atoms with Crippen molar-refractivity contribution in [3.8, 4) is 5.75 Å². The predicted molar refractivity (Wildman–Crippen MR) is 129 cm³/mol. The molecule has 1 aliphatic rings. The summed E-state index contributed by atoms with van der Waals surface area (Å²) < 4.78 is 10.8. The standard InChI is InChI=1S/C23H23Cl2N5O4/c1-33-11-19-23(32)29(10-14-2-4-16-18(8-14)27-13-28-22(16)26)6-7-30(19)21(31)12-34-20-9-15(24)3-5-17(20)25/h2-5,8-9,13,19H,6-7,10-12H2,1H3,(H2,26,27,28)/t19-/m0/s1. The van der Waals surface area contributed by atoms with Gasteiger partial charge < -0.3 is 25.0 Å². The molecule has 178 valence electrons. The number of ether oxygens (including phenoxy) is 2. The topological polar surface area (TPSA) is 111 Å². The Kier molecular flexibility index (Phi) is 7.35. The fraction of sp³-hybridized carbons (Fsp3) is 0.304. The van der Waals surface area contributed by atoms with E-state index < -0.39 is 6.04 Å². The lowest BCUT2D eigenvalue weighted by Crippen LogP contribution is -2.60. The first-order valence-electron chi connectivity index (χ1n) is 10.5. The van der Waals surface area contributed by atoms with Crippen LogP contribution in [-0.2, 0) is 20.9 Å². The summed E-state index contributed by atoms with van der Waals surface area (Å²) in [6, 6.07) is 9.61. The molecule has 4 rings (SSSR count). The molecule has 2 amide bonds. The number of carbonyl (C=O) groups excluding carboxylic acids is 2. The van der Waals surface area contributed by atoms with Crippen molar-refractivity contribution < 1.29 is 19.1 Å². The van der Waals surface area contributed by atoms with E-state index in [4.69, 9.17) is 38.4 Å². The molecule has 0 aliphatic carbocycles. The van der Waals surface area contributed by atoms with Crippen LogP contribution in [0.3, 0.4) is 0 Å². The van der Waals surface area contributed by atoms with Crippen molar-refractivity contribution in [1.29, 1.82) is 0 Å². The number of aromatic nitrogens is 2. The summed E-state index contributed by atoms with van der Waals surface area (Å²) in [7, 11) is 1.49. The van der Waals surface area contributed by atoms with Crippen LogP contribution in [0.25, 0.3) is 10.9 Å². The van der Waals surface area contributed by atoms with E-state index in [1.54, 1.807) is 17.0 Å². The van der Waals surface area contributed by atoms with E-state index in [1.807, 2.05) is 18.2 Å². The molecule has 0 bridgehead atoms. The van der Waals surface area contributed by atoms with Gasteiger partial charge in [0, 0.05) is 43.2 Å². The molecule has 11 heteroatoms. The normalized spacial score (nSPS) is 16.2. The summed E-state index contributed by atoms with van der Waals surface area (Å²) in [4.78, 5) is 37.6. The average molecular weight is 504 g/mol. The van der Waals surface area contributed by atoms with Gasteiger partial charge in [0.25, 0.3) is 5.91 Å². The van der Waals surface area contributed by atoms with Gasteiger partial charge in [-0.25, -0.2) is 9.97 Å². The third-order valence-corrected chi connectivity index (χ3v) is 6.13. The van der Waals surface area contributed by atoms with Crippen LogP contribution in [0.4, 0.5) is 5.82 Å². The molecule has 1 saturated heterocycles. The molecule has 3 aromatic rings. The minimum atomic E-state index is -0.761. The molecule has 0 unspecified atom stereocenters. The SMILES string of the molecule is COC[C@H]1C(=O)N(Cc2ccc3c(N)ncnc3c2)CCN1C(=O)COc1cc(Cl)ccc1Cl. The van der Waals surface area contributed by atoms with Crippen LogP contribution in [0.15, 0.2) is 42.7 Å². The van der Waals surface area contributed by atoms with E-state index in [9.17, 15) is 9.59 Å². The van der Waals surface area contributed by atoms with Gasteiger partial charge in [-0.15, -0.1) is 0 Å². The van der Waals surface area contributed by atoms with Gasteiger partial charge >= 0.3 is 0 Å². The summed E-state index contributed by atoms with van der Waals surface area (Å²) in [5.41, 5.74) is 7.50. The van der Waals surface area contributed by atoms with Gasteiger partial charge in [0.2, 0.25) is 5.91 Å². The smallest absolute Gasteiger partial charge is 0.261 e. The maximum Gasteiger partial charge on any atom is 0.261 e. The van der Waals surface area contributed by atoms with Crippen molar-refractivity contribution in [2.75, 3.05) is 39.1 Å². The number of benzene rings is 2. The number of nitrogen functional groups attached to an aromatic ring is 1. The molecule has 2 heterocycles. The van der Waals surface area contributed by atoms with Crippen LogP contribution in [0, 0.1) is 0 Å². The van der Waals surface area contributed by atoms with Crippen LogP contribution in [0.2, 0.25) is 10.0 Å². The molecule has 1 atom stereocenters. The number of rotatable bonds is 7. The number of methoxy groups -OCH3 is 1. The van der Waals surface area contributed by atoms with Gasteiger partial charge in [-0.1, -0.05) is 29.3 Å². The second-order valence-electron chi connectivity index (χ2n) is 7.79. The molecule has 34 heavy (non-hydrogen) atoms. The summed E-state index contributed by atoms with van der Waals surface area (Å²) in [5, 5.41) is 1.54. The lowest BCUT2D eigenvalue weighted by Gasteiger charge is -2.40. The minimum Gasteiger partial charge on any atom is -0.482 e. The van der Waals surface area contributed by atoms with Crippen molar-refractivity contribution in [1.82, 2.24) is 19.8 Å². The van der Waals surface area contributed by atoms with Crippen molar-refractivity contribution in [3.63, 3.8) is 0 Å². The first kappa shape index (κ1) is 24.0. The van der Waals surface area contributed by atoms with Crippen LogP contribution >= 0.6 is 23.2 Å². The van der Waals surface area contributed by atoms with Crippen LogP contribution in [0.1, 0.15) is 5.56 Å². The van der Waals surface area contributed by atoms with E-state index in [-0.39, 0.29) is 25.0 Å². The maximum absolute atomic E-state index is 13.3.